The Morgan fingerprint density at radius 3 is 0.971 bits per heavy atom. The molecule has 0 saturated carbocycles. The minimum absolute atomic E-state index is 0.597. The Kier molecular flexibility index (Phi) is 8.41. The Balaban J connectivity index is 0.972. The van der Waals surface area contributed by atoms with E-state index in [4.69, 9.17) is 29.9 Å². The van der Waals surface area contributed by atoms with Gasteiger partial charge in [0.05, 0.1) is 0 Å². The largest absolute Gasteiger partial charge is 0.264 e. The molecule has 4 aromatic heterocycles. The van der Waals surface area contributed by atoms with E-state index in [2.05, 4.69) is 180 Å². The minimum Gasteiger partial charge on any atom is -0.264 e. The summed E-state index contributed by atoms with van der Waals surface area (Å²) in [6, 6.07) is 63.5. The van der Waals surface area contributed by atoms with E-state index in [1.165, 1.54) is 0 Å². The van der Waals surface area contributed by atoms with Gasteiger partial charge >= 0.3 is 0 Å². The maximum atomic E-state index is 5.27. The van der Waals surface area contributed by atoms with Crippen LogP contribution in [0.15, 0.2) is 207 Å². The average Bonchev–Trinajstić information content (AvgIpc) is 3.41. The molecule has 14 aromatic rings. The summed E-state index contributed by atoms with van der Waals surface area (Å²) >= 11 is 0. The van der Waals surface area contributed by atoms with Crippen molar-refractivity contribution >= 4 is 75.4 Å². The molecule has 10 aromatic carbocycles. The fraction of sp³-hybridized carbons (Fsp3) is 0. The molecule has 8 heteroatoms. The Labute approximate surface area is 388 Å². The molecular formula is C60H34N8. The van der Waals surface area contributed by atoms with Crippen molar-refractivity contribution in [3.63, 3.8) is 0 Å². The molecule has 0 saturated heterocycles. The van der Waals surface area contributed by atoms with E-state index in [-0.39, 0.29) is 0 Å². The van der Waals surface area contributed by atoms with Crippen LogP contribution in [0.1, 0.15) is 0 Å². The van der Waals surface area contributed by atoms with Crippen molar-refractivity contribution in [2.24, 2.45) is 0 Å². The van der Waals surface area contributed by atoms with E-state index in [9.17, 15) is 0 Å². The Bertz CT molecular complexity index is 3880. The van der Waals surface area contributed by atoms with Gasteiger partial charge < -0.3 is 0 Å². The quantitative estimate of drug-likeness (QED) is 0.152. The van der Waals surface area contributed by atoms with Crippen molar-refractivity contribution in [3.05, 3.63) is 207 Å². The van der Waals surface area contributed by atoms with Gasteiger partial charge in [-0.15, -0.1) is 0 Å². The molecule has 4 heterocycles. The Hall–Kier alpha value is -9.40. The van der Waals surface area contributed by atoms with Gasteiger partial charge in [0.25, 0.3) is 0 Å². The number of rotatable bonds is 6. The number of pyridine rings is 2. The van der Waals surface area contributed by atoms with Gasteiger partial charge in [0.2, 0.25) is 0 Å². The molecule has 0 atom stereocenters. The fourth-order valence-electron chi connectivity index (χ4n) is 9.80. The first-order valence-corrected chi connectivity index (χ1v) is 22.5. The highest BCUT2D eigenvalue weighted by Crippen LogP contribution is 2.42. The lowest BCUT2D eigenvalue weighted by Gasteiger charge is -2.17. The fourth-order valence-corrected chi connectivity index (χ4v) is 9.80. The van der Waals surface area contributed by atoms with Crippen LogP contribution in [0.3, 0.4) is 0 Å². The third kappa shape index (κ3) is 6.30. The SMILES string of the molecule is c1ccc2cc(-c3nc(-c4ccc5cnccc5c4)nc(-c4ccc5ccc6c(-c7nc(-c8ccc9ccccc9c8)nc(-c8ccc9cnccc9c8)n7)ccc7ccc4c5c76)n3)ccc2c1. The molecule has 0 unspecified atom stereocenters. The molecule has 0 aliphatic rings. The van der Waals surface area contributed by atoms with Crippen LogP contribution in [-0.2, 0) is 0 Å². The summed E-state index contributed by atoms with van der Waals surface area (Å²) in [6.07, 6.45) is 7.38. The molecule has 0 aliphatic carbocycles. The summed E-state index contributed by atoms with van der Waals surface area (Å²) in [6.45, 7) is 0. The van der Waals surface area contributed by atoms with E-state index >= 15 is 0 Å². The van der Waals surface area contributed by atoms with Gasteiger partial charge in [-0.3, -0.25) is 9.97 Å². The molecule has 0 spiro atoms. The Morgan fingerprint density at radius 2 is 0.559 bits per heavy atom. The lowest BCUT2D eigenvalue weighted by atomic mass is 9.89. The summed E-state index contributed by atoms with van der Waals surface area (Å²) in [5.41, 5.74) is 5.47. The number of fused-ring (bicyclic) bond motifs is 4. The van der Waals surface area contributed by atoms with Crippen LogP contribution in [-0.4, -0.2) is 39.9 Å². The number of aromatic nitrogens is 8. The molecule has 14 rings (SSSR count). The van der Waals surface area contributed by atoms with Gasteiger partial charge in [0.1, 0.15) is 0 Å². The molecule has 0 bridgehead atoms. The molecule has 314 valence electrons. The highest BCUT2D eigenvalue weighted by Gasteiger charge is 2.21. The summed E-state index contributed by atoms with van der Waals surface area (Å²) in [5.74, 6) is 3.60. The first-order valence-electron chi connectivity index (χ1n) is 22.5. The van der Waals surface area contributed by atoms with Gasteiger partial charge in [-0.05, 0) is 113 Å². The molecule has 0 N–H and O–H groups in total. The number of hydrogen-bond acceptors (Lipinski definition) is 8. The third-order valence-electron chi connectivity index (χ3n) is 13.2. The molecule has 0 radical (unpaired) electrons. The van der Waals surface area contributed by atoms with Gasteiger partial charge in [0.15, 0.2) is 34.9 Å². The van der Waals surface area contributed by atoms with Crippen LogP contribution in [0.2, 0.25) is 0 Å². The second-order valence-electron chi connectivity index (χ2n) is 17.3. The van der Waals surface area contributed by atoms with Gasteiger partial charge in [-0.1, -0.05) is 133 Å². The van der Waals surface area contributed by atoms with Crippen LogP contribution < -0.4 is 0 Å². The molecular weight excluding hydrogens is 833 g/mol. The van der Waals surface area contributed by atoms with E-state index in [0.717, 1.165) is 109 Å². The molecule has 0 aliphatic heterocycles. The zero-order valence-electron chi connectivity index (χ0n) is 36.2. The summed E-state index contributed by atoms with van der Waals surface area (Å²) in [5, 5.41) is 15.4. The van der Waals surface area contributed by atoms with Crippen molar-refractivity contribution in [1.29, 1.82) is 0 Å². The van der Waals surface area contributed by atoms with Crippen molar-refractivity contribution < 1.29 is 0 Å². The van der Waals surface area contributed by atoms with Crippen molar-refractivity contribution in [1.82, 2.24) is 39.9 Å². The van der Waals surface area contributed by atoms with Crippen molar-refractivity contribution in [2.45, 2.75) is 0 Å². The van der Waals surface area contributed by atoms with Crippen LogP contribution in [0.4, 0.5) is 0 Å². The van der Waals surface area contributed by atoms with Crippen molar-refractivity contribution in [3.8, 4) is 68.3 Å². The lowest BCUT2D eigenvalue weighted by molar-refractivity contribution is 1.08. The second kappa shape index (κ2) is 15.1. The highest BCUT2D eigenvalue weighted by molar-refractivity contribution is 6.27. The van der Waals surface area contributed by atoms with E-state index in [0.29, 0.717) is 34.9 Å². The van der Waals surface area contributed by atoms with Crippen LogP contribution in [0.25, 0.3) is 144 Å². The molecule has 68 heavy (non-hydrogen) atoms. The second-order valence-corrected chi connectivity index (χ2v) is 17.3. The maximum Gasteiger partial charge on any atom is 0.164 e. The topological polar surface area (TPSA) is 103 Å². The maximum absolute atomic E-state index is 5.27. The standard InChI is InChI=1S/C60H34N8/c1-3-7-39-29-43(11-9-35(39)5-1)55-63-57(45-13-15-47-33-61-27-25-41(47)31-45)67-59(65-55)51-23-19-37-18-22-50-52(24-20-38-17-21-49(51)53(37)54(38)50)60-66-56(44-12-10-36-6-2-4-8-40(36)30-44)64-58(68-60)46-14-16-48-34-62-28-26-42(48)32-46/h1-34H. The van der Waals surface area contributed by atoms with Crippen LogP contribution in [0, 0.1) is 0 Å². The predicted octanol–water partition coefficient (Wildman–Crippen LogP) is 14.4. The number of hydrogen-bond donors (Lipinski definition) is 0. The smallest absolute Gasteiger partial charge is 0.164 e. The molecule has 0 fully saturated rings. The predicted molar refractivity (Wildman–Crippen MR) is 275 cm³/mol. The third-order valence-corrected chi connectivity index (χ3v) is 13.2. The highest BCUT2D eigenvalue weighted by atomic mass is 15.0. The summed E-state index contributed by atoms with van der Waals surface area (Å²) in [7, 11) is 0. The lowest BCUT2D eigenvalue weighted by Crippen LogP contribution is -2.01. The number of nitrogens with zero attached hydrogens (tertiary/aromatic N) is 8. The average molecular weight is 867 g/mol. The van der Waals surface area contributed by atoms with Gasteiger partial charge in [-0.2, -0.15) is 0 Å². The number of benzene rings is 10. The van der Waals surface area contributed by atoms with E-state index in [1.54, 1.807) is 0 Å². The van der Waals surface area contributed by atoms with Gasteiger partial charge in [0, 0.05) is 68.9 Å². The monoisotopic (exact) mass is 866 g/mol. The van der Waals surface area contributed by atoms with Crippen LogP contribution >= 0.6 is 0 Å². The van der Waals surface area contributed by atoms with Crippen molar-refractivity contribution in [2.75, 3.05) is 0 Å². The first-order chi connectivity index (χ1) is 33.6. The van der Waals surface area contributed by atoms with E-state index in [1.807, 2.05) is 36.9 Å². The molecule has 8 nitrogen and oxygen atoms in total. The summed E-state index contributed by atoms with van der Waals surface area (Å²) in [4.78, 5) is 40.0. The zero-order chi connectivity index (χ0) is 44.7. The normalized spacial score (nSPS) is 11.8. The zero-order valence-corrected chi connectivity index (χ0v) is 36.2. The Morgan fingerprint density at radius 1 is 0.235 bits per heavy atom. The molecule has 0 amide bonds. The van der Waals surface area contributed by atoms with E-state index < -0.39 is 0 Å². The summed E-state index contributed by atoms with van der Waals surface area (Å²) < 4.78 is 0. The van der Waals surface area contributed by atoms with Crippen LogP contribution in [0.5, 0.6) is 0 Å². The van der Waals surface area contributed by atoms with Gasteiger partial charge in [-0.25, -0.2) is 29.9 Å². The first kappa shape index (κ1) is 37.9. The minimum atomic E-state index is 0.597.